The molecular formula is C16H18ClF3N4O2. The molecule has 26 heavy (non-hydrogen) atoms. The van der Waals surface area contributed by atoms with E-state index in [2.05, 4.69) is 15.0 Å². The number of ether oxygens (including phenoxy) is 1. The minimum absolute atomic E-state index is 0. The molecule has 0 radical (unpaired) electrons. The first-order chi connectivity index (χ1) is 11.8. The molecule has 1 amide bonds. The third-order valence-electron chi connectivity index (χ3n) is 4.00. The van der Waals surface area contributed by atoms with Crippen LogP contribution in [-0.2, 0) is 7.05 Å². The van der Waals surface area contributed by atoms with Gasteiger partial charge in [-0.25, -0.2) is 4.98 Å². The number of aryl methyl sites for hydroxylation is 1. The maximum atomic E-state index is 12.8. The molecule has 2 aromatic rings. The first-order valence-corrected chi connectivity index (χ1v) is 7.70. The number of carbonyl (C=O) groups excluding carboxylic acids is 1. The number of nitrogens with zero attached hydrogens (tertiary/aromatic N) is 3. The predicted molar refractivity (Wildman–Crippen MR) is 90.2 cm³/mol. The van der Waals surface area contributed by atoms with Gasteiger partial charge in [0.25, 0.3) is 5.91 Å². The SMILES string of the molecule is Cl.Cn1ccnc1C1CNCCN1C(=O)c1ccc(OC(F)(F)F)cc1. The van der Waals surface area contributed by atoms with E-state index >= 15 is 0 Å². The first kappa shape index (κ1) is 20.1. The van der Waals surface area contributed by atoms with Crippen molar-refractivity contribution >= 4 is 18.3 Å². The second kappa shape index (κ2) is 7.96. The number of rotatable bonds is 3. The van der Waals surface area contributed by atoms with E-state index in [1.165, 1.54) is 12.1 Å². The molecule has 142 valence electrons. The molecule has 10 heteroatoms. The lowest BCUT2D eigenvalue weighted by Crippen LogP contribution is -2.49. The molecule has 1 saturated heterocycles. The Balaban J connectivity index is 0.00000243. The smallest absolute Gasteiger partial charge is 0.406 e. The zero-order chi connectivity index (χ0) is 18.0. The van der Waals surface area contributed by atoms with E-state index < -0.39 is 6.36 Å². The van der Waals surface area contributed by atoms with Gasteiger partial charge in [-0.05, 0) is 24.3 Å². The second-order valence-electron chi connectivity index (χ2n) is 5.69. The Morgan fingerprint density at radius 2 is 2.00 bits per heavy atom. The van der Waals surface area contributed by atoms with Crippen molar-refractivity contribution < 1.29 is 22.7 Å². The number of nitrogens with one attached hydrogen (secondary N) is 1. The fourth-order valence-corrected chi connectivity index (χ4v) is 2.84. The first-order valence-electron chi connectivity index (χ1n) is 7.70. The molecule has 1 aromatic heterocycles. The maximum Gasteiger partial charge on any atom is 0.573 e. The molecule has 0 spiro atoms. The summed E-state index contributed by atoms with van der Waals surface area (Å²) in [6.07, 6.45) is -1.29. The monoisotopic (exact) mass is 390 g/mol. The van der Waals surface area contributed by atoms with Crippen LogP contribution in [0.1, 0.15) is 22.2 Å². The van der Waals surface area contributed by atoms with E-state index in [4.69, 9.17) is 0 Å². The summed E-state index contributed by atoms with van der Waals surface area (Å²) in [6, 6.07) is 4.70. The van der Waals surface area contributed by atoms with Crippen LogP contribution in [0.2, 0.25) is 0 Å². The van der Waals surface area contributed by atoms with Crippen molar-refractivity contribution in [2.24, 2.45) is 7.05 Å². The Kier molecular flexibility index (Phi) is 6.14. The minimum Gasteiger partial charge on any atom is -0.406 e. The highest BCUT2D eigenvalue weighted by Crippen LogP contribution is 2.25. The molecule has 1 N–H and O–H groups in total. The Morgan fingerprint density at radius 3 is 2.58 bits per heavy atom. The summed E-state index contributed by atoms with van der Waals surface area (Å²) in [6.45, 7) is 1.69. The number of piperazine rings is 1. The van der Waals surface area contributed by atoms with Gasteiger partial charge in [0.05, 0.1) is 0 Å². The minimum atomic E-state index is -4.76. The number of benzene rings is 1. The number of hydrogen-bond acceptors (Lipinski definition) is 4. The normalized spacial score (nSPS) is 17.5. The van der Waals surface area contributed by atoms with Crippen LogP contribution in [0.3, 0.4) is 0 Å². The van der Waals surface area contributed by atoms with Crippen molar-refractivity contribution in [3.05, 3.63) is 48.0 Å². The van der Waals surface area contributed by atoms with Crippen molar-refractivity contribution in [3.8, 4) is 5.75 Å². The van der Waals surface area contributed by atoms with E-state index in [0.717, 1.165) is 18.0 Å². The highest BCUT2D eigenvalue weighted by atomic mass is 35.5. The zero-order valence-corrected chi connectivity index (χ0v) is 14.7. The van der Waals surface area contributed by atoms with E-state index in [-0.39, 0.29) is 30.1 Å². The lowest BCUT2D eigenvalue weighted by molar-refractivity contribution is -0.274. The lowest BCUT2D eigenvalue weighted by Gasteiger charge is -2.35. The Morgan fingerprint density at radius 1 is 1.31 bits per heavy atom. The molecule has 6 nitrogen and oxygen atoms in total. The third-order valence-corrected chi connectivity index (χ3v) is 4.00. The van der Waals surface area contributed by atoms with Gasteiger partial charge in [-0.2, -0.15) is 0 Å². The van der Waals surface area contributed by atoms with Crippen LogP contribution >= 0.6 is 12.4 Å². The molecule has 1 aliphatic rings. The quantitative estimate of drug-likeness (QED) is 0.875. The van der Waals surface area contributed by atoms with Gasteiger partial charge in [0.1, 0.15) is 17.6 Å². The van der Waals surface area contributed by atoms with Gasteiger partial charge in [0, 0.05) is 44.6 Å². The maximum absolute atomic E-state index is 12.8. The summed E-state index contributed by atoms with van der Waals surface area (Å²) in [5, 5.41) is 3.23. The van der Waals surface area contributed by atoms with Crippen molar-refractivity contribution in [2.45, 2.75) is 12.4 Å². The van der Waals surface area contributed by atoms with Crippen molar-refractivity contribution in [1.29, 1.82) is 0 Å². The number of hydrogen-bond donors (Lipinski definition) is 1. The van der Waals surface area contributed by atoms with Gasteiger partial charge < -0.3 is 19.5 Å². The molecule has 1 unspecified atom stereocenters. The van der Waals surface area contributed by atoms with Crippen molar-refractivity contribution in [3.63, 3.8) is 0 Å². The fraction of sp³-hybridized carbons (Fsp3) is 0.375. The largest absolute Gasteiger partial charge is 0.573 e. The number of imidazole rings is 1. The summed E-state index contributed by atoms with van der Waals surface area (Å²) >= 11 is 0. The standard InChI is InChI=1S/C16H17F3N4O2.ClH/c1-22-8-7-21-14(22)13-10-20-6-9-23(13)15(24)11-2-4-12(5-3-11)25-16(17,18)19;/h2-5,7-8,13,20H,6,9-10H2,1H3;1H. The van der Waals surface area contributed by atoms with Crippen LogP contribution in [0.15, 0.2) is 36.7 Å². The van der Waals surface area contributed by atoms with Crippen LogP contribution in [-0.4, -0.2) is 46.4 Å². The zero-order valence-electron chi connectivity index (χ0n) is 13.9. The van der Waals surface area contributed by atoms with Gasteiger partial charge in [0.2, 0.25) is 0 Å². The van der Waals surface area contributed by atoms with Crippen LogP contribution in [0.4, 0.5) is 13.2 Å². The molecule has 1 aromatic carbocycles. The molecule has 1 fully saturated rings. The average Bonchev–Trinajstić information content (AvgIpc) is 2.99. The van der Waals surface area contributed by atoms with Gasteiger partial charge in [-0.15, -0.1) is 25.6 Å². The molecular weight excluding hydrogens is 373 g/mol. The molecule has 3 rings (SSSR count). The Bertz CT molecular complexity index is 749. The van der Waals surface area contributed by atoms with Gasteiger partial charge in [-0.1, -0.05) is 0 Å². The summed E-state index contributed by atoms with van der Waals surface area (Å²) in [4.78, 5) is 18.8. The number of halogens is 4. The Labute approximate surface area is 154 Å². The Hall–Kier alpha value is -2.26. The van der Waals surface area contributed by atoms with Gasteiger partial charge in [0.15, 0.2) is 0 Å². The van der Waals surface area contributed by atoms with Crippen LogP contribution in [0, 0.1) is 0 Å². The highest BCUT2D eigenvalue weighted by Gasteiger charge is 2.32. The second-order valence-corrected chi connectivity index (χ2v) is 5.69. The highest BCUT2D eigenvalue weighted by molar-refractivity contribution is 5.94. The molecule has 0 bridgehead atoms. The van der Waals surface area contributed by atoms with Gasteiger partial charge in [-0.3, -0.25) is 4.79 Å². The molecule has 1 atom stereocenters. The van der Waals surface area contributed by atoms with Crippen LogP contribution < -0.4 is 10.1 Å². The number of aromatic nitrogens is 2. The van der Waals surface area contributed by atoms with E-state index in [0.29, 0.717) is 25.2 Å². The van der Waals surface area contributed by atoms with Crippen molar-refractivity contribution in [2.75, 3.05) is 19.6 Å². The van der Waals surface area contributed by atoms with Crippen LogP contribution in [0.5, 0.6) is 5.75 Å². The third kappa shape index (κ3) is 4.47. The summed E-state index contributed by atoms with van der Waals surface area (Å²) in [7, 11) is 1.85. The average molecular weight is 391 g/mol. The van der Waals surface area contributed by atoms with Gasteiger partial charge >= 0.3 is 6.36 Å². The van der Waals surface area contributed by atoms with E-state index in [1.54, 1.807) is 17.3 Å². The van der Waals surface area contributed by atoms with Crippen molar-refractivity contribution in [1.82, 2.24) is 19.8 Å². The summed E-state index contributed by atoms with van der Waals surface area (Å²) < 4.78 is 42.3. The lowest BCUT2D eigenvalue weighted by atomic mass is 10.1. The molecule has 0 saturated carbocycles. The number of carbonyl (C=O) groups is 1. The van der Waals surface area contributed by atoms with Crippen LogP contribution in [0.25, 0.3) is 0 Å². The molecule has 0 aliphatic carbocycles. The molecule has 1 aliphatic heterocycles. The topological polar surface area (TPSA) is 59.4 Å². The van der Waals surface area contributed by atoms with E-state index in [1.807, 2.05) is 11.6 Å². The molecule has 2 heterocycles. The fourth-order valence-electron chi connectivity index (χ4n) is 2.84. The van der Waals surface area contributed by atoms with E-state index in [9.17, 15) is 18.0 Å². The summed E-state index contributed by atoms with van der Waals surface area (Å²) in [5.74, 6) is 0.135. The number of alkyl halides is 3. The summed E-state index contributed by atoms with van der Waals surface area (Å²) in [5.41, 5.74) is 0.302. The predicted octanol–water partition coefficient (Wildman–Crippen LogP) is 2.53. The number of amides is 1.